The number of aromatic nitrogens is 4. The van der Waals surface area contributed by atoms with Crippen LogP contribution < -0.4 is 45.6 Å². The van der Waals surface area contributed by atoms with E-state index in [4.69, 9.17) is 43.7 Å². The zero-order chi connectivity index (χ0) is 23.2. The fourth-order valence-electron chi connectivity index (χ4n) is 3.70. The number of rotatable bonds is 10. The summed E-state index contributed by atoms with van der Waals surface area (Å²) in [6.07, 6.45) is 3.77. The van der Waals surface area contributed by atoms with Crippen LogP contribution in [0, 0.1) is 0 Å². The van der Waals surface area contributed by atoms with Crippen molar-refractivity contribution in [3.8, 4) is 0 Å². The third kappa shape index (κ3) is 7.73. The predicted molar refractivity (Wildman–Crippen MR) is 125 cm³/mol. The lowest BCUT2D eigenvalue weighted by atomic mass is 10.1. The molecule has 2 heterocycles. The number of hydrogen-bond donors (Lipinski definition) is 2. The fourth-order valence-corrected chi connectivity index (χ4v) is 3.95. The molecule has 4 aromatic rings. The van der Waals surface area contributed by atoms with E-state index in [1.165, 1.54) is 11.1 Å². The van der Waals surface area contributed by atoms with Crippen LogP contribution in [-0.2, 0) is 38.8 Å². The zero-order valence-corrected chi connectivity index (χ0v) is 21.9. The van der Waals surface area contributed by atoms with Crippen molar-refractivity contribution in [2.24, 2.45) is 0 Å². The van der Waals surface area contributed by atoms with Crippen molar-refractivity contribution in [2.75, 3.05) is 11.5 Å². The summed E-state index contributed by atoms with van der Waals surface area (Å²) in [6.45, 7) is 1.32. The molecular weight excluding hydrogens is 534 g/mol. The molecule has 4 rings (SSSR count). The van der Waals surface area contributed by atoms with Gasteiger partial charge in [-0.15, -0.1) is 0 Å². The van der Waals surface area contributed by atoms with Crippen LogP contribution in [-0.4, -0.2) is 10.5 Å². The van der Waals surface area contributed by atoms with Crippen molar-refractivity contribution in [1.82, 2.24) is 10.5 Å². The van der Waals surface area contributed by atoms with Gasteiger partial charge in [0.1, 0.15) is 0 Å². The largest absolute Gasteiger partial charge is 1.00 e. The van der Waals surface area contributed by atoms with Crippen molar-refractivity contribution in [1.29, 1.82) is 0 Å². The minimum Gasteiger partial charge on any atom is -1.00 e. The van der Waals surface area contributed by atoms with E-state index in [9.17, 15) is 0 Å². The molecule has 2 aromatic heterocycles. The van der Waals surface area contributed by atoms with Gasteiger partial charge in [-0.05, 0) is 51.2 Å². The summed E-state index contributed by atoms with van der Waals surface area (Å²) < 4.78 is 14.1. The minimum atomic E-state index is 0. The maximum Gasteiger partial charge on any atom is 0.296 e. The molecule has 0 amide bonds. The second-order valence-corrected chi connectivity index (χ2v) is 8.69. The third-order valence-electron chi connectivity index (χ3n) is 5.55. The summed E-state index contributed by atoms with van der Waals surface area (Å²) in [7, 11) is 0. The summed E-state index contributed by atoms with van der Waals surface area (Å²) in [5.74, 6) is 0.667. The molecule has 0 unspecified atom stereocenters. The molecule has 188 valence electrons. The number of benzene rings is 2. The molecule has 0 aliphatic carbocycles. The van der Waals surface area contributed by atoms with Gasteiger partial charge in [0.05, 0.1) is 0 Å². The van der Waals surface area contributed by atoms with Crippen LogP contribution in [0.1, 0.15) is 28.9 Å². The van der Waals surface area contributed by atoms with Crippen LogP contribution >= 0.6 is 23.2 Å². The van der Waals surface area contributed by atoms with Crippen LogP contribution in [0.2, 0.25) is 10.0 Å². The highest BCUT2D eigenvalue weighted by atomic mass is 35.5. The van der Waals surface area contributed by atoms with E-state index in [1.54, 1.807) is 0 Å². The van der Waals surface area contributed by atoms with Crippen molar-refractivity contribution < 1.29 is 43.2 Å². The molecule has 0 fully saturated rings. The van der Waals surface area contributed by atoms with Crippen LogP contribution in [0.25, 0.3) is 0 Å². The summed E-state index contributed by atoms with van der Waals surface area (Å²) >= 11 is 11.9. The number of nitrogens with two attached hydrogens (primary N) is 2. The SMILES string of the molecule is Nc1on[n+](CCc2ccc(Cl)cc2)c1CCCc1c(N)on[n+]1CCc1ccc(Cl)cc1.[Cl-].[Cl-]. The van der Waals surface area contributed by atoms with E-state index >= 15 is 0 Å². The average molecular weight is 560 g/mol. The Hall–Kier alpha value is -2.52. The van der Waals surface area contributed by atoms with E-state index in [-0.39, 0.29) is 24.8 Å². The molecule has 0 spiro atoms. The molecule has 12 heteroatoms. The Morgan fingerprint density at radius 1 is 0.629 bits per heavy atom. The zero-order valence-electron chi connectivity index (χ0n) is 18.8. The second kappa shape index (κ2) is 13.5. The van der Waals surface area contributed by atoms with Crippen LogP contribution in [0.4, 0.5) is 11.8 Å². The second-order valence-electron chi connectivity index (χ2n) is 7.82. The van der Waals surface area contributed by atoms with E-state index in [1.807, 2.05) is 57.9 Å². The lowest BCUT2D eigenvalue weighted by Gasteiger charge is -1.99. The summed E-state index contributed by atoms with van der Waals surface area (Å²) in [5.41, 5.74) is 16.1. The number of nitrogen functional groups attached to an aromatic ring is 2. The fraction of sp³-hybridized carbons (Fsp3) is 0.304. The Morgan fingerprint density at radius 3 is 1.37 bits per heavy atom. The monoisotopic (exact) mass is 558 g/mol. The lowest BCUT2D eigenvalue weighted by Crippen LogP contribution is -3.00. The van der Waals surface area contributed by atoms with Gasteiger partial charge in [-0.25, -0.2) is 0 Å². The Bertz CT molecular complexity index is 1100. The Morgan fingerprint density at radius 2 is 1.00 bits per heavy atom. The topological polar surface area (TPSA) is 112 Å². The molecule has 0 aliphatic rings. The Labute approximate surface area is 225 Å². The maximum absolute atomic E-state index is 6.03. The van der Waals surface area contributed by atoms with E-state index in [0.29, 0.717) is 37.7 Å². The van der Waals surface area contributed by atoms with Gasteiger partial charge in [-0.2, -0.15) is 0 Å². The van der Waals surface area contributed by atoms with Crippen molar-refractivity contribution >= 4 is 35.0 Å². The van der Waals surface area contributed by atoms with Gasteiger partial charge in [0.2, 0.25) is 10.5 Å². The molecular formula is C23H26Cl4N6O2. The molecule has 4 N–H and O–H groups in total. The van der Waals surface area contributed by atoms with Gasteiger partial charge in [0.15, 0.2) is 13.1 Å². The third-order valence-corrected chi connectivity index (χ3v) is 6.05. The highest BCUT2D eigenvalue weighted by Crippen LogP contribution is 2.15. The Kier molecular flexibility index (Phi) is 11.1. The van der Waals surface area contributed by atoms with Crippen LogP contribution in [0.15, 0.2) is 57.6 Å². The van der Waals surface area contributed by atoms with Gasteiger partial charge >= 0.3 is 0 Å². The first-order chi connectivity index (χ1) is 16.0. The quantitative estimate of drug-likeness (QED) is 0.206. The van der Waals surface area contributed by atoms with Crippen molar-refractivity contribution in [3.05, 3.63) is 81.1 Å². The van der Waals surface area contributed by atoms with E-state index < -0.39 is 0 Å². The molecule has 0 saturated heterocycles. The van der Waals surface area contributed by atoms with Crippen LogP contribution in [0.3, 0.4) is 0 Å². The van der Waals surface area contributed by atoms with Crippen molar-refractivity contribution in [2.45, 2.75) is 45.2 Å². The van der Waals surface area contributed by atoms with E-state index in [0.717, 1.165) is 40.7 Å². The molecule has 8 nitrogen and oxygen atoms in total. The van der Waals surface area contributed by atoms with E-state index in [2.05, 4.69) is 10.5 Å². The van der Waals surface area contributed by atoms with Gasteiger partial charge in [-0.3, -0.25) is 9.05 Å². The first-order valence-corrected chi connectivity index (χ1v) is 11.5. The van der Waals surface area contributed by atoms with Crippen LogP contribution in [0.5, 0.6) is 0 Å². The summed E-state index contributed by atoms with van der Waals surface area (Å²) in [5, 5.41) is 9.61. The van der Waals surface area contributed by atoms with Gasteiger partial charge < -0.3 is 36.3 Å². The van der Waals surface area contributed by atoms with Gasteiger partial charge in [0, 0.05) is 35.7 Å². The molecule has 2 aromatic carbocycles. The molecule has 35 heavy (non-hydrogen) atoms. The standard InChI is InChI=1S/C23H26Cl2N6O2.2ClH/c24-18-8-4-16(5-9-18)12-14-30-20(22(26)32-28-30)2-1-3-21-23(27)33-29-31(21)15-13-17-6-10-19(25)11-7-17;;/h4-11H,1-3,12-15,26-27H2;2*1H/q+2;;/p-2. The van der Waals surface area contributed by atoms with Crippen molar-refractivity contribution in [3.63, 3.8) is 0 Å². The number of halogens is 4. The maximum atomic E-state index is 6.03. The first kappa shape index (κ1) is 28.7. The number of anilines is 2. The summed E-state index contributed by atoms with van der Waals surface area (Å²) in [4.78, 5) is 0. The average Bonchev–Trinajstić information content (AvgIpc) is 3.35. The van der Waals surface area contributed by atoms with Gasteiger partial charge in [0.25, 0.3) is 23.2 Å². The molecule has 0 radical (unpaired) electrons. The molecule has 0 saturated carbocycles. The predicted octanol–water partition coefficient (Wildman–Crippen LogP) is -2.62. The van der Waals surface area contributed by atoms with Gasteiger partial charge in [-0.1, -0.05) is 47.5 Å². The number of nitrogens with zero attached hydrogens (tertiary/aromatic N) is 4. The molecule has 0 bridgehead atoms. The number of aryl methyl sites for hydroxylation is 4. The first-order valence-electron chi connectivity index (χ1n) is 10.8. The summed E-state index contributed by atoms with van der Waals surface area (Å²) in [6, 6.07) is 15.5. The molecule has 0 aliphatic heterocycles. The highest BCUT2D eigenvalue weighted by molar-refractivity contribution is 6.30. The molecule has 0 atom stereocenters. The number of hydrogen-bond acceptors (Lipinski definition) is 6. The highest BCUT2D eigenvalue weighted by Gasteiger charge is 2.26. The normalized spacial score (nSPS) is 10.6. The minimum absolute atomic E-state index is 0. The Balaban J connectivity index is 0.00000216. The smallest absolute Gasteiger partial charge is 0.296 e. The lowest BCUT2D eigenvalue weighted by molar-refractivity contribution is -0.768.